The number of hydrogen-bond donors (Lipinski definition) is 1. The molecule has 0 radical (unpaired) electrons. The maximum absolute atomic E-state index is 11.4. The molecule has 0 amide bonds. The van der Waals surface area contributed by atoms with Crippen LogP contribution in [0.1, 0.15) is 29.2 Å². The number of hydrogen-bond acceptors (Lipinski definition) is 5. The van der Waals surface area contributed by atoms with E-state index in [2.05, 4.69) is 10.3 Å². The van der Waals surface area contributed by atoms with Gasteiger partial charge in [0.1, 0.15) is 15.4 Å². The van der Waals surface area contributed by atoms with E-state index in [1.807, 2.05) is 0 Å². The van der Waals surface area contributed by atoms with Crippen molar-refractivity contribution < 1.29 is 18.3 Å². The molecule has 1 N–H and O–H groups in total. The first-order valence-electron chi connectivity index (χ1n) is 6.25. The Balaban J connectivity index is 1.99. The lowest BCUT2D eigenvalue weighted by Crippen LogP contribution is -2.26. The van der Waals surface area contributed by atoms with Crippen molar-refractivity contribution in [2.75, 3.05) is 11.5 Å². The van der Waals surface area contributed by atoms with E-state index in [0.29, 0.717) is 23.9 Å². The van der Waals surface area contributed by atoms with Gasteiger partial charge in [-0.2, -0.15) is 0 Å². The Hall–Kier alpha value is -1.96. The van der Waals surface area contributed by atoms with Crippen molar-refractivity contribution in [3.63, 3.8) is 0 Å². The number of aromatic carboxylic acids is 1. The van der Waals surface area contributed by atoms with Crippen LogP contribution in [0.3, 0.4) is 0 Å². The molecule has 106 valence electrons. The van der Waals surface area contributed by atoms with E-state index < -0.39 is 15.8 Å². The average molecular weight is 295 g/mol. The molecule has 1 aromatic heterocycles. The zero-order valence-electron chi connectivity index (χ0n) is 10.6. The maximum atomic E-state index is 11.4. The summed E-state index contributed by atoms with van der Waals surface area (Å²) in [5.41, 5.74) is 1.42. The van der Waals surface area contributed by atoms with Gasteiger partial charge in [-0.15, -0.1) is 5.10 Å². The summed E-state index contributed by atoms with van der Waals surface area (Å²) in [6, 6.07) is 4.57. The second kappa shape index (κ2) is 4.55. The van der Waals surface area contributed by atoms with Gasteiger partial charge in [-0.3, -0.25) is 0 Å². The monoisotopic (exact) mass is 295 g/mol. The first kappa shape index (κ1) is 13.0. The Morgan fingerprint density at radius 3 is 2.65 bits per heavy atom. The van der Waals surface area contributed by atoms with Crippen LogP contribution in [-0.2, 0) is 9.84 Å². The third kappa shape index (κ3) is 2.26. The van der Waals surface area contributed by atoms with Gasteiger partial charge in [-0.25, -0.2) is 17.9 Å². The highest BCUT2D eigenvalue weighted by molar-refractivity contribution is 7.91. The molecule has 2 aromatic rings. The molecule has 0 unspecified atom stereocenters. The van der Waals surface area contributed by atoms with Crippen LogP contribution in [0.2, 0.25) is 0 Å². The molecule has 0 bridgehead atoms. The van der Waals surface area contributed by atoms with Gasteiger partial charge in [0.05, 0.1) is 28.6 Å². The number of nitrogens with zero attached hydrogens (tertiary/aromatic N) is 3. The van der Waals surface area contributed by atoms with Crippen LogP contribution in [0.4, 0.5) is 0 Å². The Morgan fingerprint density at radius 2 is 2.00 bits per heavy atom. The van der Waals surface area contributed by atoms with Crippen molar-refractivity contribution in [1.29, 1.82) is 0 Å². The van der Waals surface area contributed by atoms with Gasteiger partial charge in [-0.05, 0) is 31.0 Å². The van der Waals surface area contributed by atoms with Gasteiger partial charge >= 0.3 is 5.97 Å². The normalized spacial score (nSPS) is 19.2. The Morgan fingerprint density at radius 1 is 1.30 bits per heavy atom. The van der Waals surface area contributed by atoms with Gasteiger partial charge in [-0.1, -0.05) is 5.21 Å². The quantitative estimate of drug-likeness (QED) is 0.882. The molecule has 2 heterocycles. The lowest BCUT2D eigenvalue weighted by molar-refractivity contribution is 0.0697. The summed E-state index contributed by atoms with van der Waals surface area (Å²) in [5.74, 6) is -0.735. The zero-order valence-corrected chi connectivity index (χ0v) is 11.4. The Labute approximate surface area is 115 Å². The first-order chi connectivity index (χ1) is 9.46. The molecule has 1 saturated heterocycles. The molecule has 8 heteroatoms. The number of aromatic nitrogens is 3. The summed E-state index contributed by atoms with van der Waals surface area (Å²) < 4.78 is 24.5. The standard InChI is InChI=1S/C12H13N3O4S/c16-12(17)8-1-2-10-11(7-8)15(14-13-10)9-3-5-20(18,19)6-4-9/h1-2,7,9H,3-6H2,(H,16,17). The minimum Gasteiger partial charge on any atom is -0.478 e. The minimum absolute atomic E-state index is 0.0485. The first-order valence-corrected chi connectivity index (χ1v) is 8.07. The van der Waals surface area contributed by atoms with Crippen LogP contribution in [0.5, 0.6) is 0 Å². The van der Waals surface area contributed by atoms with E-state index in [-0.39, 0.29) is 23.1 Å². The summed E-state index contributed by atoms with van der Waals surface area (Å²) >= 11 is 0. The van der Waals surface area contributed by atoms with Crippen LogP contribution in [0.15, 0.2) is 18.2 Å². The second-order valence-electron chi connectivity index (χ2n) is 4.93. The molecule has 1 aromatic carbocycles. The molecule has 0 saturated carbocycles. The lowest BCUT2D eigenvalue weighted by Gasteiger charge is -2.22. The van der Waals surface area contributed by atoms with Crippen molar-refractivity contribution in [2.24, 2.45) is 0 Å². The van der Waals surface area contributed by atoms with Gasteiger partial charge in [0.25, 0.3) is 0 Å². The number of benzene rings is 1. The van der Waals surface area contributed by atoms with Crippen molar-refractivity contribution in [3.8, 4) is 0 Å². The fraction of sp³-hybridized carbons (Fsp3) is 0.417. The molecule has 1 aliphatic heterocycles. The molecule has 7 nitrogen and oxygen atoms in total. The number of carboxylic acid groups (broad SMARTS) is 1. The fourth-order valence-electron chi connectivity index (χ4n) is 2.46. The summed E-state index contributed by atoms with van der Waals surface area (Å²) in [6.07, 6.45) is 0.968. The molecule has 20 heavy (non-hydrogen) atoms. The van der Waals surface area contributed by atoms with Crippen LogP contribution in [0, 0.1) is 0 Å². The molecule has 1 fully saturated rings. The number of rotatable bonds is 2. The Bertz CT molecular complexity index is 767. The van der Waals surface area contributed by atoms with Crippen molar-refractivity contribution in [2.45, 2.75) is 18.9 Å². The maximum Gasteiger partial charge on any atom is 0.335 e. The molecule has 0 atom stereocenters. The second-order valence-corrected chi connectivity index (χ2v) is 7.23. The largest absolute Gasteiger partial charge is 0.478 e. The predicted octanol–water partition coefficient (Wildman–Crippen LogP) is 0.879. The SMILES string of the molecule is O=C(O)c1ccc2nnn(C3CCS(=O)(=O)CC3)c2c1. The molecule has 0 spiro atoms. The van der Waals surface area contributed by atoms with E-state index in [1.165, 1.54) is 12.1 Å². The molecular formula is C12H13N3O4S. The third-order valence-electron chi connectivity index (χ3n) is 3.59. The molecule has 1 aliphatic rings. The van der Waals surface area contributed by atoms with Gasteiger partial charge < -0.3 is 5.11 Å². The van der Waals surface area contributed by atoms with Gasteiger partial charge in [0.15, 0.2) is 0 Å². The van der Waals surface area contributed by atoms with E-state index >= 15 is 0 Å². The van der Waals surface area contributed by atoms with Crippen LogP contribution >= 0.6 is 0 Å². The fourth-order valence-corrected chi connectivity index (χ4v) is 3.93. The summed E-state index contributed by atoms with van der Waals surface area (Å²) in [7, 11) is -2.94. The molecular weight excluding hydrogens is 282 g/mol. The third-order valence-corrected chi connectivity index (χ3v) is 5.30. The topological polar surface area (TPSA) is 102 Å². The highest BCUT2D eigenvalue weighted by atomic mass is 32.2. The van der Waals surface area contributed by atoms with E-state index in [0.717, 1.165) is 0 Å². The summed E-state index contributed by atoms with van der Waals surface area (Å²) in [4.78, 5) is 11.0. The van der Waals surface area contributed by atoms with Crippen molar-refractivity contribution in [3.05, 3.63) is 23.8 Å². The van der Waals surface area contributed by atoms with Crippen molar-refractivity contribution >= 4 is 26.8 Å². The molecule has 0 aliphatic carbocycles. The minimum atomic E-state index is -2.94. The van der Waals surface area contributed by atoms with Gasteiger partial charge in [0.2, 0.25) is 0 Å². The molecule has 3 rings (SSSR count). The van der Waals surface area contributed by atoms with Crippen molar-refractivity contribution in [1.82, 2.24) is 15.0 Å². The van der Waals surface area contributed by atoms with E-state index in [9.17, 15) is 13.2 Å². The van der Waals surface area contributed by atoms with Crippen LogP contribution < -0.4 is 0 Å². The Kier molecular flexibility index (Phi) is 2.97. The number of sulfone groups is 1. The van der Waals surface area contributed by atoms with Gasteiger partial charge in [0, 0.05) is 0 Å². The summed E-state index contributed by atoms with van der Waals surface area (Å²) in [5, 5.41) is 17.1. The van der Waals surface area contributed by atoms with E-state index in [1.54, 1.807) is 10.7 Å². The smallest absolute Gasteiger partial charge is 0.335 e. The zero-order chi connectivity index (χ0) is 14.3. The number of carboxylic acids is 1. The number of carbonyl (C=O) groups is 1. The highest BCUT2D eigenvalue weighted by Crippen LogP contribution is 2.26. The average Bonchev–Trinajstić information content (AvgIpc) is 2.81. The van der Waals surface area contributed by atoms with E-state index in [4.69, 9.17) is 5.11 Å². The lowest BCUT2D eigenvalue weighted by atomic mass is 10.1. The highest BCUT2D eigenvalue weighted by Gasteiger charge is 2.26. The predicted molar refractivity (Wildman–Crippen MR) is 71.4 cm³/mol. The van der Waals surface area contributed by atoms with Crippen LogP contribution in [0.25, 0.3) is 11.0 Å². The number of fused-ring (bicyclic) bond motifs is 1. The van der Waals surface area contributed by atoms with Crippen LogP contribution in [-0.4, -0.2) is 46.0 Å². The summed E-state index contributed by atoms with van der Waals surface area (Å²) in [6.45, 7) is 0.